The van der Waals surface area contributed by atoms with Gasteiger partial charge < -0.3 is 15.3 Å². The van der Waals surface area contributed by atoms with E-state index < -0.39 is 0 Å². The van der Waals surface area contributed by atoms with Crippen LogP contribution in [-0.4, -0.2) is 53.6 Å². The van der Waals surface area contributed by atoms with Crippen LogP contribution in [0, 0.1) is 0 Å². The number of halogens is 1. The smallest absolute Gasteiger partial charge is 0.287 e. The molecule has 0 bridgehead atoms. The minimum atomic E-state index is -0.282. The number of unbranched alkanes of at least 4 members (excludes halogenated alkanes) is 1. The van der Waals surface area contributed by atoms with Crippen molar-refractivity contribution in [3.8, 4) is 0 Å². The highest BCUT2D eigenvalue weighted by molar-refractivity contribution is 6.32. The largest absolute Gasteiger partial charge is 0.396 e. The van der Waals surface area contributed by atoms with Gasteiger partial charge in [-0.05, 0) is 26.9 Å². The normalized spacial score (nSPS) is 11.0. The maximum atomic E-state index is 12.0. The van der Waals surface area contributed by atoms with E-state index in [1.165, 1.54) is 4.68 Å². The molecule has 6 nitrogen and oxygen atoms in total. The number of anilines is 1. The number of nitrogens with one attached hydrogen (secondary N) is 1. The van der Waals surface area contributed by atoms with E-state index in [0.717, 1.165) is 19.4 Å². The van der Waals surface area contributed by atoms with E-state index in [4.69, 9.17) is 16.7 Å². The molecule has 1 aromatic rings. The van der Waals surface area contributed by atoms with Gasteiger partial charge in [0.2, 0.25) is 0 Å². The molecular weight excluding hydrogens is 268 g/mol. The van der Waals surface area contributed by atoms with Gasteiger partial charge in [0.15, 0.2) is 0 Å². The molecule has 0 radical (unpaired) electrons. The Balaban J connectivity index is 2.66. The SMILES string of the molecule is CN(C)CCn1ncc(NCCCCO)c(Cl)c1=O. The highest BCUT2D eigenvalue weighted by Crippen LogP contribution is 2.15. The number of aromatic nitrogens is 2. The van der Waals surface area contributed by atoms with Crippen molar-refractivity contribution in [3.63, 3.8) is 0 Å². The summed E-state index contributed by atoms with van der Waals surface area (Å²) in [4.78, 5) is 13.9. The van der Waals surface area contributed by atoms with E-state index in [1.807, 2.05) is 19.0 Å². The summed E-state index contributed by atoms with van der Waals surface area (Å²) in [6.07, 6.45) is 3.10. The van der Waals surface area contributed by atoms with Crippen molar-refractivity contribution in [2.24, 2.45) is 0 Å². The molecule has 0 fully saturated rings. The van der Waals surface area contributed by atoms with E-state index in [2.05, 4.69) is 10.4 Å². The van der Waals surface area contributed by atoms with E-state index in [9.17, 15) is 4.79 Å². The lowest BCUT2D eigenvalue weighted by Gasteiger charge is -2.12. The summed E-state index contributed by atoms with van der Waals surface area (Å²) in [6.45, 7) is 2.06. The number of aliphatic hydroxyl groups excluding tert-OH is 1. The Morgan fingerprint density at radius 3 is 2.84 bits per heavy atom. The molecule has 0 aromatic carbocycles. The zero-order valence-electron chi connectivity index (χ0n) is 11.4. The summed E-state index contributed by atoms with van der Waals surface area (Å²) in [6, 6.07) is 0. The van der Waals surface area contributed by atoms with Gasteiger partial charge in [-0.2, -0.15) is 5.10 Å². The van der Waals surface area contributed by atoms with Gasteiger partial charge in [0.05, 0.1) is 18.4 Å². The Kier molecular flexibility index (Phi) is 6.83. The molecule has 2 N–H and O–H groups in total. The molecule has 0 aliphatic heterocycles. The van der Waals surface area contributed by atoms with Crippen LogP contribution in [-0.2, 0) is 6.54 Å². The number of nitrogens with zero attached hydrogens (tertiary/aromatic N) is 3. The Bertz CT molecular complexity index is 448. The molecule has 0 unspecified atom stereocenters. The van der Waals surface area contributed by atoms with Crippen LogP contribution in [0.2, 0.25) is 5.02 Å². The molecule has 0 saturated heterocycles. The van der Waals surface area contributed by atoms with Gasteiger partial charge in [0, 0.05) is 19.7 Å². The molecule has 7 heteroatoms. The topological polar surface area (TPSA) is 70.4 Å². The number of likely N-dealkylation sites (N-methyl/N-ethyl adjacent to an activating group) is 1. The van der Waals surface area contributed by atoms with Gasteiger partial charge in [-0.25, -0.2) is 4.68 Å². The molecule has 19 heavy (non-hydrogen) atoms. The monoisotopic (exact) mass is 288 g/mol. The predicted octanol–water partition coefficient (Wildman–Crippen LogP) is 0.643. The minimum Gasteiger partial charge on any atom is -0.396 e. The fourth-order valence-electron chi connectivity index (χ4n) is 1.50. The first-order chi connectivity index (χ1) is 9.06. The molecule has 0 aliphatic rings. The lowest BCUT2D eigenvalue weighted by molar-refractivity contribution is 0.286. The van der Waals surface area contributed by atoms with Gasteiger partial charge >= 0.3 is 0 Å². The van der Waals surface area contributed by atoms with Crippen LogP contribution < -0.4 is 10.9 Å². The zero-order valence-corrected chi connectivity index (χ0v) is 12.2. The number of hydrogen-bond acceptors (Lipinski definition) is 5. The van der Waals surface area contributed by atoms with Crippen LogP contribution in [0.5, 0.6) is 0 Å². The van der Waals surface area contributed by atoms with E-state index in [0.29, 0.717) is 18.8 Å². The maximum Gasteiger partial charge on any atom is 0.287 e. The molecule has 1 rings (SSSR count). The third kappa shape index (κ3) is 5.18. The summed E-state index contributed by atoms with van der Waals surface area (Å²) in [7, 11) is 3.87. The Morgan fingerprint density at radius 2 is 2.21 bits per heavy atom. The summed E-state index contributed by atoms with van der Waals surface area (Å²) < 4.78 is 1.36. The zero-order chi connectivity index (χ0) is 14.3. The highest BCUT2D eigenvalue weighted by Gasteiger charge is 2.08. The minimum absolute atomic E-state index is 0.165. The summed E-state index contributed by atoms with van der Waals surface area (Å²) >= 11 is 6.03. The van der Waals surface area contributed by atoms with Crippen molar-refractivity contribution in [1.82, 2.24) is 14.7 Å². The van der Waals surface area contributed by atoms with Crippen LogP contribution in [0.3, 0.4) is 0 Å². The van der Waals surface area contributed by atoms with Crippen LogP contribution >= 0.6 is 11.6 Å². The second kappa shape index (κ2) is 8.14. The standard InChI is InChI=1S/C12H21ClN4O2/c1-16(2)6-7-17-12(19)11(13)10(9-15-17)14-5-3-4-8-18/h9,14,18H,3-8H2,1-2H3. The number of hydrogen-bond donors (Lipinski definition) is 2. The van der Waals surface area contributed by atoms with Crippen molar-refractivity contribution in [2.45, 2.75) is 19.4 Å². The third-order valence-electron chi connectivity index (χ3n) is 2.64. The third-order valence-corrected chi connectivity index (χ3v) is 3.01. The first-order valence-electron chi connectivity index (χ1n) is 6.31. The van der Waals surface area contributed by atoms with Crippen LogP contribution in [0.1, 0.15) is 12.8 Å². The van der Waals surface area contributed by atoms with Crippen LogP contribution in [0.4, 0.5) is 5.69 Å². The molecular formula is C12H21ClN4O2. The Morgan fingerprint density at radius 1 is 1.47 bits per heavy atom. The summed E-state index contributed by atoms with van der Waals surface area (Å²) in [5, 5.41) is 16.0. The second-order valence-electron chi connectivity index (χ2n) is 4.56. The van der Waals surface area contributed by atoms with Crippen molar-refractivity contribution in [2.75, 3.05) is 39.1 Å². The van der Waals surface area contributed by atoms with Gasteiger partial charge in [-0.15, -0.1) is 0 Å². The molecule has 0 aliphatic carbocycles. The Labute approximate surface area is 118 Å². The summed E-state index contributed by atoms with van der Waals surface area (Å²) in [5.74, 6) is 0. The van der Waals surface area contributed by atoms with E-state index >= 15 is 0 Å². The number of rotatable bonds is 8. The lowest BCUT2D eigenvalue weighted by Crippen LogP contribution is -2.29. The molecule has 0 atom stereocenters. The van der Waals surface area contributed by atoms with Gasteiger partial charge in [-0.1, -0.05) is 11.6 Å². The van der Waals surface area contributed by atoms with E-state index in [1.54, 1.807) is 6.20 Å². The Hall–Kier alpha value is -1.11. The fourth-order valence-corrected chi connectivity index (χ4v) is 1.72. The van der Waals surface area contributed by atoms with Crippen LogP contribution in [0.25, 0.3) is 0 Å². The second-order valence-corrected chi connectivity index (χ2v) is 4.94. The van der Waals surface area contributed by atoms with Crippen molar-refractivity contribution < 1.29 is 5.11 Å². The van der Waals surface area contributed by atoms with Gasteiger partial charge in [-0.3, -0.25) is 4.79 Å². The van der Waals surface area contributed by atoms with Gasteiger partial charge in [0.25, 0.3) is 5.56 Å². The van der Waals surface area contributed by atoms with Crippen molar-refractivity contribution in [3.05, 3.63) is 21.6 Å². The van der Waals surface area contributed by atoms with Crippen molar-refractivity contribution >= 4 is 17.3 Å². The molecule has 1 aromatic heterocycles. The molecule has 0 amide bonds. The summed E-state index contributed by atoms with van der Waals surface area (Å²) in [5.41, 5.74) is 0.265. The average molecular weight is 289 g/mol. The first-order valence-corrected chi connectivity index (χ1v) is 6.69. The molecule has 1 heterocycles. The molecule has 0 spiro atoms. The quantitative estimate of drug-likeness (QED) is 0.687. The fraction of sp³-hybridized carbons (Fsp3) is 0.667. The predicted molar refractivity (Wildman–Crippen MR) is 76.9 cm³/mol. The first kappa shape index (κ1) is 15.9. The maximum absolute atomic E-state index is 12.0. The van der Waals surface area contributed by atoms with Crippen molar-refractivity contribution in [1.29, 1.82) is 0 Å². The number of aliphatic hydroxyl groups is 1. The highest BCUT2D eigenvalue weighted by atomic mass is 35.5. The lowest BCUT2D eigenvalue weighted by atomic mass is 10.3. The molecule has 108 valence electrons. The average Bonchev–Trinajstić information content (AvgIpc) is 2.38. The van der Waals surface area contributed by atoms with E-state index in [-0.39, 0.29) is 17.2 Å². The van der Waals surface area contributed by atoms with Gasteiger partial charge in [0.1, 0.15) is 5.02 Å². The molecule has 0 saturated carbocycles. The van der Waals surface area contributed by atoms with Crippen LogP contribution in [0.15, 0.2) is 11.0 Å².